The van der Waals surface area contributed by atoms with Crippen LogP contribution in [0.5, 0.6) is 0 Å². The Morgan fingerprint density at radius 1 is 1.30 bits per heavy atom. The van der Waals surface area contributed by atoms with Crippen LogP contribution in [0.3, 0.4) is 0 Å². The molecule has 2 fully saturated rings. The van der Waals surface area contributed by atoms with Gasteiger partial charge >= 0.3 is 6.03 Å². The topological polar surface area (TPSA) is 40.6 Å². The van der Waals surface area contributed by atoms with Gasteiger partial charge in [-0.2, -0.15) is 0 Å². The SMILES string of the molecule is CC(C)[C@H]1SC(C)(C)[C@H]2CC(=O)N(c3cccc(Cl)c3)C(=O)N12. The third-order valence-electron chi connectivity index (χ3n) is 4.50. The Labute approximate surface area is 146 Å². The van der Waals surface area contributed by atoms with Gasteiger partial charge < -0.3 is 4.90 Å². The summed E-state index contributed by atoms with van der Waals surface area (Å²) in [7, 11) is 0. The summed E-state index contributed by atoms with van der Waals surface area (Å²) in [6, 6.07) is 6.61. The zero-order valence-electron chi connectivity index (χ0n) is 13.7. The van der Waals surface area contributed by atoms with E-state index in [2.05, 4.69) is 27.7 Å². The minimum Gasteiger partial charge on any atom is -0.307 e. The van der Waals surface area contributed by atoms with E-state index in [0.29, 0.717) is 23.0 Å². The Morgan fingerprint density at radius 3 is 2.61 bits per heavy atom. The Morgan fingerprint density at radius 2 is 2.00 bits per heavy atom. The molecule has 2 heterocycles. The van der Waals surface area contributed by atoms with Crippen LogP contribution in [0, 0.1) is 5.92 Å². The molecule has 0 spiro atoms. The van der Waals surface area contributed by atoms with Crippen molar-refractivity contribution in [3.05, 3.63) is 29.3 Å². The molecule has 124 valence electrons. The first kappa shape index (κ1) is 16.7. The van der Waals surface area contributed by atoms with Crippen molar-refractivity contribution in [2.24, 2.45) is 5.92 Å². The van der Waals surface area contributed by atoms with Crippen molar-refractivity contribution in [3.63, 3.8) is 0 Å². The molecule has 0 aliphatic carbocycles. The summed E-state index contributed by atoms with van der Waals surface area (Å²) < 4.78 is -0.124. The molecule has 0 N–H and O–H groups in total. The van der Waals surface area contributed by atoms with Crippen molar-refractivity contribution < 1.29 is 9.59 Å². The van der Waals surface area contributed by atoms with Crippen molar-refractivity contribution in [2.75, 3.05) is 4.90 Å². The van der Waals surface area contributed by atoms with Crippen molar-refractivity contribution in [2.45, 2.75) is 50.3 Å². The lowest BCUT2D eigenvalue weighted by Crippen LogP contribution is -2.60. The molecule has 3 rings (SSSR count). The van der Waals surface area contributed by atoms with Gasteiger partial charge in [-0.25, -0.2) is 9.69 Å². The Kier molecular flexibility index (Phi) is 4.13. The van der Waals surface area contributed by atoms with Crippen LogP contribution in [-0.2, 0) is 4.79 Å². The summed E-state index contributed by atoms with van der Waals surface area (Å²) in [5, 5.41) is 0.596. The van der Waals surface area contributed by atoms with Crippen LogP contribution in [0.4, 0.5) is 10.5 Å². The fraction of sp³-hybridized carbons (Fsp3) is 0.529. The smallest absolute Gasteiger partial charge is 0.307 e. The molecule has 1 aromatic rings. The third kappa shape index (κ3) is 2.74. The lowest BCUT2D eigenvalue weighted by Gasteiger charge is -2.41. The van der Waals surface area contributed by atoms with E-state index in [0.717, 1.165) is 0 Å². The first-order valence-corrected chi connectivity index (χ1v) is 9.07. The number of amides is 3. The van der Waals surface area contributed by atoms with Crippen LogP contribution in [0.2, 0.25) is 5.02 Å². The van der Waals surface area contributed by atoms with E-state index in [1.165, 1.54) is 4.90 Å². The average molecular weight is 353 g/mol. The fourth-order valence-corrected chi connectivity index (χ4v) is 5.13. The van der Waals surface area contributed by atoms with Crippen LogP contribution in [0.15, 0.2) is 24.3 Å². The van der Waals surface area contributed by atoms with Crippen molar-refractivity contribution in [1.82, 2.24) is 4.90 Å². The van der Waals surface area contributed by atoms with Crippen molar-refractivity contribution in [3.8, 4) is 0 Å². The van der Waals surface area contributed by atoms with Crippen LogP contribution in [-0.4, -0.2) is 33.0 Å². The summed E-state index contributed by atoms with van der Waals surface area (Å²) in [5.74, 6) is 0.166. The molecular formula is C17H21ClN2O2S. The molecule has 0 saturated carbocycles. The van der Waals surface area contributed by atoms with E-state index in [9.17, 15) is 9.59 Å². The third-order valence-corrected chi connectivity index (χ3v) is 6.63. The van der Waals surface area contributed by atoms with E-state index in [1.807, 2.05) is 4.90 Å². The zero-order chi connectivity index (χ0) is 16.9. The maximum Gasteiger partial charge on any atom is 0.332 e. The number of carbonyl (C=O) groups is 2. The second-order valence-corrected chi connectivity index (χ2v) is 9.18. The molecule has 4 nitrogen and oxygen atoms in total. The van der Waals surface area contributed by atoms with E-state index >= 15 is 0 Å². The first-order valence-electron chi connectivity index (χ1n) is 7.81. The highest BCUT2D eigenvalue weighted by atomic mass is 35.5. The lowest BCUT2D eigenvalue weighted by molar-refractivity contribution is -0.120. The van der Waals surface area contributed by atoms with Gasteiger partial charge in [-0.15, -0.1) is 11.8 Å². The number of anilines is 1. The van der Waals surface area contributed by atoms with Crippen molar-refractivity contribution >= 4 is 41.0 Å². The second-order valence-electron chi connectivity index (χ2n) is 6.97. The number of hydrogen-bond acceptors (Lipinski definition) is 3. The zero-order valence-corrected chi connectivity index (χ0v) is 15.3. The first-order chi connectivity index (χ1) is 10.7. The Hall–Kier alpha value is -1.20. The summed E-state index contributed by atoms with van der Waals surface area (Å²) in [5.41, 5.74) is 0.545. The quantitative estimate of drug-likeness (QED) is 0.793. The molecule has 3 amide bonds. The average Bonchev–Trinajstić information content (AvgIpc) is 2.71. The molecule has 2 atom stereocenters. The highest BCUT2D eigenvalue weighted by molar-refractivity contribution is 8.01. The lowest BCUT2D eigenvalue weighted by atomic mass is 9.95. The van der Waals surface area contributed by atoms with E-state index < -0.39 is 0 Å². The normalized spacial score (nSPS) is 26.9. The number of rotatable bonds is 2. The predicted octanol–water partition coefficient (Wildman–Crippen LogP) is 4.37. The Bertz CT molecular complexity index is 662. The van der Waals surface area contributed by atoms with E-state index in [1.54, 1.807) is 36.0 Å². The molecule has 2 aliphatic heterocycles. The monoisotopic (exact) mass is 352 g/mol. The maximum absolute atomic E-state index is 13.1. The van der Waals surface area contributed by atoms with Crippen molar-refractivity contribution in [1.29, 1.82) is 0 Å². The summed E-state index contributed by atoms with van der Waals surface area (Å²) in [6.07, 6.45) is 0.349. The number of carbonyl (C=O) groups excluding carboxylic acids is 2. The summed E-state index contributed by atoms with van der Waals surface area (Å²) in [4.78, 5) is 28.9. The number of halogens is 1. The van der Waals surface area contributed by atoms with Gasteiger partial charge in [0.1, 0.15) is 0 Å². The van der Waals surface area contributed by atoms with Gasteiger partial charge in [0.2, 0.25) is 5.91 Å². The minimum atomic E-state index is -0.231. The highest BCUT2D eigenvalue weighted by Gasteiger charge is 2.55. The molecule has 1 aromatic carbocycles. The number of benzene rings is 1. The number of thioether (sulfide) groups is 1. The van der Waals surface area contributed by atoms with Gasteiger partial charge in [0.05, 0.1) is 17.1 Å². The van der Waals surface area contributed by atoms with Gasteiger partial charge in [0.25, 0.3) is 0 Å². The van der Waals surface area contributed by atoms with Crippen LogP contribution >= 0.6 is 23.4 Å². The van der Waals surface area contributed by atoms with Gasteiger partial charge in [0.15, 0.2) is 0 Å². The van der Waals surface area contributed by atoms with Crippen LogP contribution in [0.1, 0.15) is 34.1 Å². The fourth-order valence-electron chi connectivity index (χ4n) is 3.35. The molecule has 0 radical (unpaired) electrons. The molecule has 0 unspecified atom stereocenters. The molecule has 2 saturated heterocycles. The van der Waals surface area contributed by atoms with E-state index in [4.69, 9.17) is 11.6 Å². The van der Waals surface area contributed by atoms with E-state index in [-0.39, 0.29) is 28.1 Å². The molecular weight excluding hydrogens is 332 g/mol. The maximum atomic E-state index is 13.1. The summed E-state index contributed by atoms with van der Waals surface area (Å²) in [6.45, 7) is 8.47. The Balaban J connectivity index is 2.01. The number of nitrogens with zero attached hydrogens (tertiary/aromatic N) is 2. The van der Waals surface area contributed by atoms with Gasteiger partial charge in [-0.1, -0.05) is 31.5 Å². The molecule has 0 bridgehead atoms. The van der Waals surface area contributed by atoms with Gasteiger partial charge in [0, 0.05) is 16.2 Å². The van der Waals surface area contributed by atoms with Crippen LogP contribution in [0.25, 0.3) is 0 Å². The number of fused-ring (bicyclic) bond motifs is 1. The van der Waals surface area contributed by atoms with Gasteiger partial charge in [-0.3, -0.25) is 4.79 Å². The van der Waals surface area contributed by atoms with Gasteiger partial charge in [-0.05, 0) is 38.0 Å². The standard InChI is InChI=1S/C17H21ClN2O2S/c1-10(2)15-20-13(17(3,4)23-15)9-14(21)19(16(20)22)12-7-5-6-11(18)8-12/h5-8,10,13,15H,9H2,1-4H3/t13-,15-/m1/s1. The van der Waals surface area contributed by atoms with Crippen LogP contribution < -0.4 is 4.90 Å². The molecule has 6 heteroatoms. The number of hydrogen-bond donors (Lipinski definition) is 0. The second kappa shape index (κ2) is 5.71. The minimum absolute atomic E-state index is 0.0599. The predicted molar refractivity (Wildman–Crippen MR) is 94.9 cm³/mol. The molecule has 0 aromatic heterocycles. The number of urea groups is 1. The summed E-state index contributed by atoms with van der Waals surface area (Å²) >= 11 is 7.82. The molecule has 23 heavy (non-hydrogen) atoms. The number of imide groups is 1. The highest BCUT2D eigenvalue weighted by Crippen LogP contribution is 2.50. The molecule has 2 aliphatic rings. The largest absolute Gasteiger partial charge is 0.332 e.